The summed E-state index contributed by atoms with van der Waals surface area (Å²) in [6.07, 6.45) is 26.0. The monoisotopic (exact) mass is 368 g/mol. The van der Waals surface area contributed by atoms with E-state index in [1.807, 2.05) is 0 Å². The Hall–Kier alpha value is -0.530. The number of rotatable bonds is 20. The van der Waals surface area contributed by atoms with Crippen LogP contribution in [-0.4, -0.2) is 12.1 Å². The lowest BCUT2D eigenvalue weighted by atomic mass is 10.0. The zero-order valence-corrected chi connectivity index (χ0v) is 18.3. The van der Waals surface area contributed by atoms with E-state index in [1.165, 1.54) is 116 Å². The topological polar surface area (TPSA) is 26.3 Å². The summed E-state index contributed by atoms with van der Waals surface area (Å²) in [5.41, 5.74) is 0. The second-order valence-corrected chi connectivity index (χ2v) is 8.09. The molecule has 0 spiro atoms. The van der Waals surface area contributed by atoms with E-state index in [2.05, 4.69) is 13.8 Å². The Labute approximate surface area is 164 Å². The molecule has 156 valence electrons. The first-order chi connectivity index (χ1) is 12.7. The van der Waals surface area contributed by atoms with Crippen molar-refractivity contribution in [3.05, 3.63) is 0 Å². The van der Waals surface area contributed by atoms with Crippen molar-refractivity contribution in [1.29, 1.82) is 0 Å². The Morgan fingerprint density at radius 2 is 0.962 bits per heavy atom. The number of carbonyl (C=O) groups excluding carboxylic acids is 1. The van der Waals surface area contributed by atoms with Gasteiger partial charge in [0, 0.05) is 6.92 Å². The van der Waals surface area contributed by atoms with Crippen molar-refractivity contribution in [2.24, 2.45) is 0 Å². The van der Waals surface area contributed by atoms with Crippen LogP contribution in [0.1, 0.15) is 143 Å². The molecule has 0 aromatic heterocycles. The molecule has 0 aliphatic heterocycles. The molecule has 0 aromatic rings. The maximum absolute atomic E-state index is 11.0. The van der Waals surface area contributed by atoms with Crippen LogP contribution < -0.4 is 0 Å². The molecule has 2 nitrogen and oxygen atoms in total. The first-order valence-corrected chi connectivity index (χ1v) is 11.9. The van der Waals surface area contributed by atoms with Gasteiger partial charge in [-0.2, -0.15) is 0 Å². The van der Waals surface area contributed by atoms with Crippen LogP contribution in [0.25, 0.3) is 0 Å². The molecule has 26 heavy (non-hydrogen) atoms. The lowest BCUT2D eigenvalue weighted by molar-refractivity contribution is -0.146. The maximum Gasteiger partial charge on any atom is 0.302 e. The first kappa shape index (κ1) is 25.5. The van der Waals surface area contributed by atoms with Gasteiger partial charge in [-0.25, -0.2) is 0 Å². The number of esters is 1. The van der Waals surface area contributed by atoms with Crippen molar-refractivity contribution in [1.82, 2.24) is 0 Å². The van der Waals surface area contributed by atoms with E-state index in [1.54, 1.807) is 0 Å². The average molecular weight is 369 g/mol. The maximum atomic E-state index is 11.0. The Kier molecular flexibility index (Phi) is 20.4. The third-order valence-electron chi connectivity index (χ3n) is 5.42. The van der Waals surface area contributed by atoms with E-state index in [0.717, 1.165) is 12.8 Å². The number of hydrogen-bond acceptors (Lipinski definition) is 2. The minimum absolute atomic E-state index is 0.135. The van der Waals surface area contributed by atoms with Crippen LogP contribution in [0.15, 0.2) is 0 Å². The van der Waals surface area contributed by atoms with Gasteiger partial charge >= 0.3 is 5.97 Å². The van der Waals surface area contributed by atoms with Crippen molar-refractivity contribution < 1.29 is 9.53 Å². The Bertz CT molecular complexity index is 288. The molecule has 0 aliphatic rings. The van der Waals surface area contributed by atoms with Crippen molar-refractivity contribution in [3.63, 3.8) is 0 Å². The third kappa shape index (κ3) is 19.8. The van der Waals surface area contributed by atoms with Crippen LogP contribution in [0.5, 0.6) is 0 Å². The fourth-order valence-corrected chi connectivity index (χ4v) is 3.68. The highest BCUT2D eigenvalue weighted by molar-refractivity contribution is 5.66. The van der Waals surface area contributed by atoms with Gasteiger partial charge in [-0.15, -0.1) is 0 Å². The summed E-state index contributed by atoms with van der Waals surface area (Å²) in [6, 6.07) is 0. The molecule has 0 radical (unpaired) electrons. The molecule has 0 N–H and O–H groups in total. The predicted octanol–water partition coefficient (Wildman–Crippen LogP) is 8.37. The van der Waals surface area contributed by atoms with Gasteiger partial charge in [0.2, 0.25) is 0 Å². The Morgan fingerprint density at radius 3 is 1.27 bits per heavy atom. The SMILES string of the molecule is CCCCCCCCCCCCCCCCCCC[C@@H](CC)OC(C)=O. The van der Waals surface area contributed by atoms with Gasteiger partial charge in [0.25, 0.3) is 0 Å². The van der Waals surface area contributed by atoms with Crippen molar-refractivity contribution >= 4 is 5.97 Å². The minimum Gasteiger partial charge on any atom is -0.463 e. The fraction of sp³-hybridized carbons (Fsp3) is 0.958. The van der Waals surface area contributed by atoms with Crippen LogP contribution in [0.4, 0.5) is 0 Å². The average Bonchev–Trinajstić information content (AvgIpc) is 2.63. The molecule has 0 fully saturated rings. The van der Waals surface area contributed by atoms with Gasteiger partial charge in [0.1, 0.15) is 6.10 Å². The van der Waals surface area contributed by atoms with Gasteiger partial charge in [-0.05, 0) is 19.3 Å². The van der Waals surface area contributed by atoms with E-state index in [9.17, 15) is 4.79 Å². The molecule has 0 saturated heterocycles. The van der Waals surface area contributed by atoms with Crippen LogP contribution in [0.2, 0.25) is 0 Å². The molecule has 0 aliphatic carbocycles. The highest BCUT2D eigenvalue weighted by Gasteiger charge is 2.08. The molecule has 0 saturated carbocycles. The highest BCUT2D eigenvalue weighted by Crippen LogP contribution is 2.15. The molecule has 0 rings (SSSR count). The number of unbranched alkanes of at least 4 members (excludes halogenated alkanes) is 16. The summed E-state index contributed by atoms with van der Waals surface area (Å²) in [5, 5.41) is 0. The second kappa shape index (κ2) is 20.8. The fourth-order valence-electron chi connectivity index (χ4n) is 3.68. The molecular weight excluding hydrogens is 320 g/mol. The zero-order valence-electron chi connectivity index (χ0n) is 18.3. The van der Waals surface area contributed by atoms with Gasteiger partial charge in [-0.1, -0.05) is 117 Å². The van der Waals surface area contributed by atoms with Crippen LogP contribution >= 0.6 is 0 Å². The minimum atomic E-state index is -0.135. The molecule has 0 heterocycles. The standard InChI is InChI=1S/C24H48O2/c1-4-6-7-8-9-10-11-12-13-14-15-16-17-18-19-20-21-22-24(5-2)26-23(3)25/h24H,4-22H2,1-3H3/t24-/m1/s1. The van der Waals surface area contributed by atoms with E-state index in [0.29, 0.717) is 0 Å². The lowest BCUT2D eigenvalue weighted by Gasteiger charge is -2.14. The Balaban J connectivity index is 3.14. The highest BCUT2D eigenvalue weighted by atomic mass is 16.5. The summed E-state index contributed by atoms with van der Waals surface area (Å²) in [4.78, 5) is 11.0. The first-order valence-electron chi connectivity index (χ1n) is 11.9. The van der Waals surface area contributed by atoms with E-state index < -0.39 is 0 Å². The van der Waals surface area contributed by atoms with Gasteiger partial charge < -0.3 is 4.74 Å². The van der Waals surface area contributed by atoms with Crippen LogP contribution in [-0.2, 0) is 9.53 Å². The summed E-state index contributed by atoms with van der Waals surface area (Å²) >= 11 is 0. The van der Waals surface area contributed by atoms with E-state index in [4.69, 9.17) is 4.74 Å². The third-order valence-corrected chi connectivity index (χ3v) is 5.42. The molecule has 0 bridgehead atoms. The largest absolute Gasteiger partial charge is 0.463 e. The molecular formula is C24H48O2. The quantitative estimate of drug-likeness (QED) is 0.159. The second-order valence-electron chi connectivity index (χ2n) is 8.09. The summed E-state index contributed by atoms with van der Waals surface area (Å²) in [7, 11) is 0. The van der Waals surface area contributed by atoms with Gasteiger partial charge in [0.15, 0.2) is 0 Å². The summed E-state index contributed by atoms with van der Waals surface area (Å²) in [5.74, 6) is -0.135. The number of hydrogen-bond donors (Lipinski definition) is 0. The summed E-state index contributed by atoms with van der Waals surface area (Å²) in [6.45, 7) is 5.90. The lowest BCUT2D eigenvalue weighted by Crippen LogP contribution is -2.14. The van der Waals surface area contributed by atoms with Gasteiger partial charge in [0.05, 0.1) is 0 Å². The van der Waals surface area contributed by atoms with Crippen molar-refractivity contribution in [2.75, 3.05) is 0 Å². The smallest absolute Gasteiger partial charge is 0.302 e. The normalized spacial score (nSPS) is 12.3. The van der Waals surface area contributed by atoms with Gasteiger partial charge in [-0.3, -0.25) is 4.79 Å². The molecule has 2 heteroatoms. The Morgan fingerprint density at radius 1 is 0.615 bits per heavy atom. The van der Waals surface area contributed by atoms with Crippen LogP contribution in [0, 0.1) is 0 Å². The number of ether oxygens (including phenoxy) is 1. The van der Waals surface area contributed by atoms with E-state index >= 15 is 0 Å². The molecule has 0 amide bonds. The zero-order chi connectivity index (χ0) is 19.3. The summed E-state index contributed by atoms with van der Waals surface area (Å²) < 4.78 is 5.29. The van der Waals surface area contributed by atoms with Crippen molar-refractivity contribution in [2.45, 2.75) is 149 Å². The van der Waals surface area contributed by atoms with E-state index in [-0.39, 0.29) is 12.1 Å². The molecule has 0 aromatic carbocycles. The predicted molar refractivity (Wildman–Crippen MR) is 115 cm³/mol. The van der Waals surface area contributed by atoms with Crippen LogP contribution in [0.3, 0.4) is 0 Å². The van der Waals surface area contributed by atoms with Crippen molar-refractivity contribution in [3.8, 4) is 0 Å². The molecule has 0 unspecified atom stereocenters. The molecule has 1 atom stereocenters. The number of carbonyl (C=O) groups is 1.